The number of fused-ring (bicyclic) bond motifs is 2. The van der Waals surface area contributed by atoms with Gasteiger partial charge in [-0.15, -0.1) is 13.2 Å². The lowest BCUT2D eigenvalue weighted by Crippen LogP contribution is -2.50. The van der Waals surface area contributed by atoms with Crippen molar-refractivity contribution in [2.75, 3.05) is 6.61 Å². The molecule has 3 heterocycles. The Morgan fingerprint density at radius 2 is 1.89 bits per heavy atom. The van der Waals surface area contributed by atoms with Crippen molar-refractivity contribution in [2.45, 2.75) is 18.3 Å². The Hall–Kier alpha value is -4.87. The van der Waals surface area contributed by atoms with Crippen LogP contribution in [0.4, 0.5) is 13.2 Å². The molecule has 1 aliphatic rings. The number of H-pyrrole nitrogens is 1. The van der Waals surface area contributed by atoms with Crippen LogP contribution in [0, 0.1) is 0 Å². The van der Waals surface area contributed by atoms with Gasteiger partial charge in [0, 0.05) is 29.8 Å². The van der Waals surface area contributed by atoms with Crippen molar-refractivity contribution in [3.63, 3.8) is 0 Å². The van der Waals surface area contributed by atoms with Crippen molar-refractivity contribution in [2.24, 2.45) is 0 Å². The van der Waals surface area contributed by atoms with Gasteiger partial charge in [-0.05, 0) is 59.5 Å². The fourth-order valence-electron chi connectivity index (χ4n) is 4.28. The molecule has 9 nitrogen and oxygen atoms in total. The maximum atomic E-state index is 13.4. The zero-order valence-electron chi connectivity index (χ0n) is 19.5. The van der Waals surface area contributed by atoms with Crippen LogP contribution >= 0.6 is 0 Å². The molecule has 2 aromatic heterocycles. The van der Waals surface area contributed by atoms with E-state index in [0.29, 0.717) is 33.3 Å². The SMILES string of the molecule is O=C(N[C@]1(c2ccc(OC(F)(F)F)cc2)CCOc2cccnc21)c1ccc2c(=O)[nH]ccc2c1.O=CO. The van der Waals surface area contributed by atoms with Gasteiger partial charge in [0.05, 0.1) is 6.61 Å². The van der Waals surface area contributed by atoms with E-state index in [-0.39, 0.29) is 30.8 Å². The molecule has 0 spiro atoms. The first-order chi connectivity index (χ1) is 18.2. The van der Waals surface area contributed by atoms with Crippen LogP contribution in [0.1, 0.15) is 28.0 Å². The van der Waals surface area contributed by atoms with E-state index in [1.807, 2.05) is 0 Å². The molecule has 0 saturated heterocycles. The summed E-state index contributed by atoms with van der Waals surface area (Å²) in [5.41, 5.74) is -0.188. The number of nitrogens with one attached hydrogen (secondary N) is 2. The van der Waals surface area contributed by atoms with Crippen LogP contribution in [0.2, 0.25) is 0 Å². The number of nitrogens with zero attached hydrogens (tertiary/aromatic N) is 1. The molecule has 0 unspecified atom stereocenters. The minimum absolute atomic E-state index is 0.243. The van der Waals surface area contributed by atoms with Crippen molar-refractivity contribution in [1.82, 2.24) is 15.3 Å². The summed E-state index contributed by atoms with van der Waals surface area (Å²) in [6, 6.07) is 15.1. The number of aromatic nitrogens is 2. The van der Waals surface area contributed by atoms with Crippen LogP contribution in [0.5, 0.6) is 11.5 Å². The minimum Gasteiger partial charge on any atom is -0.491 e. The molecule has 2 aromatic carbocycles. The van der Waals surface area contributed by atoms with E-state index in [2.05, 4.69) is 20.0 Å². The number of amides is 1. The van der Waals surface area contributed by atoms with Crippen molar-refractivity contribution < 1.29 is 37.3 Å². The average Bonchev–Trinajstić information content (AvgIpc) is 2.89. The molecular formula is C26H20F3N3O6. The molecule has 1 amide bonds. The molecule has 0 fully saturated rings. The molecule has 0 saturated carbocycles. The summed E-state index contributed by atoms with van der Waals surface area (Å²) in [6.07, 6.45) is -1.48. The van der Waals surface area contributed by atoms with Crippen LogP contribution in [0.15, 0.2) is 77.9 Å². The monoisotopic (exact) mass is 527 g/mol. The Bertz CT molecular complexity index is 1520. The van der Waals surface area contributed by atoms with Gasteiger partial charge < -0.3 is 24.9 Å². The number of pyridine rings is 2. The number of aromatic amines is 1. The summed E-state index contributed by atoms with van der Waals surface area (Å²) in [5.74, 6) is -0.364. The minimum atomic E-state index is -4.82. The Kier molecular flexibility index (Phi) is 7.33. The first-order valence-electron chi connectivity index (χ1n) is 11.1. The lowest BCUT2D eigenvalue weighted by molar-refractivity contribution is -0.274. The maximum Gasteiger partial charge on any atom is 0.573 e. The third kappa shape index (κ3) is 5.43. The van der Waals surface area contributed by atoms with Crippen molar-refractivity contribution >= 4 is 23.2 Å². The molecule has 12 heteroatoms. The van der Waals surface area contributed by atoms with Crippen LogP contribution in [0.3, 0.4) is 0 Å². The van der Waals surface area contributed by atoms with Crippen LogP contribution in [-0.2, 0) is 10.3 Å². The molecule has 3 N–H and O–H groups in total. The number of benzene rings is 2. The lowest BCUT2D eigenvalue weighted by atomic mass is 9.81. The van der Waals surface area contributed by atoms with Crippen LogP contribution in [-0.4, -0.2) is 40.4 Å². The molecule has 0 aliphatic carbocycles. The van der Waals surface area contributed by atoms with Gasteiger partial charge in [-0.1, -0.05) is 12.1 Å². The smallest absolute Gasteiger partial charge is 0.491 e. The third-order valence-electron chi connectivity index (χ3n) is 5.85. The molecule has 38 heavy (non-hydrogen) atoms. The Balaban J connectivity index is 0.00000107. The summed E-state index contributed by atoms with van der Waals surface area (Å²) in [4.78, 5) is 40.8. The second kappa shape index (κ2) is 10.6. The number of hydrogen-bond donors (Lipinski definition) is 3. The molecule has 5 rings (SSSR count). The topological polar surface area (TPSA) is 131 Å². The quantitative estimate of drug-likeness (QED) is 0.342. The fourth-order valence-corrected chi connectivity index (χ4v) is 4.28. The van der Waals surface area contributed by atoms with Gasteiger partial charge in [-0.3, -0.25) is 19.4 Å². The van der Waals surface area contributed by atoms with Gasteiger partial charge in [-0.25, -0.2) is 0 Å². The number of rotatable bonds is 4. The first kappa shape index (κ1) is 26.2. The van der Waals surface area contributed by atoms with Gasteiger partial charge in [0.2, 0.25) is 0 Å². The lowest BCUT2D eigenvalue weighted by Gasteiger charge is -2.39. The molecule has 0 radical (unpaired) electrons. The summed E-state index contributed by atoms with van der Waals surface area (Å²) in [7, 11) is 0. The second-order valence-corrected chi connectivity index (χ2v) is 8.09. The zero-order chi connectivity index (χ0) is 27.3. The highest BCUT2D eigenvalue weighted by atomic mass is 19.4. The largest absolute Gasteiger partial charge is 0.573 e. The van der Waals surface area contributed by atoms with Crippen LogP contribution < -0.4 is 20.3 Å². The summed E-state index contributed by atoms with van der Waals surface area (Å²) in [5, 5.41) is 11.0. The van der Waals surface area contributed by atoms with Gasteiger partial charge in [-0.2, -0.15) is 0 Å². The first-order valence-corrected chi connectivity index (χ1v) is 11.1. The Morgan fingerprint density at radius 1 is 1.16 bits per heavy atom. The standard InChI is InChI=1S/C25H18F3N3O4.CH2O2/c26-25(27,28)35-18-6-4-17(5-7-18)24(10-13-34-20-2-1-11-29-21(20)24)31-22(32)16-3-8-19-15(14-16)9-12-30-23(19)33;2-1-3/h1-9,11-12,14H,10,13H2,(H,30,33)(H,31,32);1H,(H,2,3)/t24-;/m0./s1. The van der Waals surface area contributed by atoms with Crippen LogP contribution in [0.25, 0.3) is 10.8 Å². The van der Waals surface area contributed by atoms with Crippen molar-refractivity contribution in [3.8, 4) is 11.5 Å². The summed E-state index contributed by atoms with van der Waals surface area (Å²) >= 11 is 0. The normalized spacial score (nSPS) is 16.3. The highest BCUT2D eigenvalue weighted by molar-refractivity contribution is 5.99. The number of carboxylic acid groups (broad SMARTS) is 1. The van der Waals surface area contributed by atoms with Gasteiger partial charge in [0.1, 0.15) is 22.7 Å². The number of alkyl halides is 3. The van der Waals surface area contributed by atoms with E-state index in [4.69, 9.17) is 14.6 Å². The number of carbonyl (C=O) groups is 2. The predicted octanol–water partition coefficient (Wildman–Crippen LogP) is 3.98. The summed E-state index contributed by atoms with van der Waals surface area (Å²) < 4.78 is 47.6. The predicted molar refractivity (Wildman–Crippen MR) is 129 cm³/mol. The maximum absolute atomic E-state index is 13.4. The van der Waals surface area contributed by atoms with E-state index in [1.54, 1.807) is 42.6 Å². The van der Waals surface area contributed by atoms with E-state index < -0.39 is 17.8 Å². The van der Waals surface area contributed by atoms with Crippen molar-refractivity contribution in [1.29, 1.82) is 0 Å². The average molecular weight is 527 g/mol. The highest BCUT2D eigenvalue weighted by Crippen LogP contribution is 2.41. The van der Waals surface area contributed by atoms with Crippen molar-refractivity contribution in [3.05, 3.63) is 100 Å². The number of ether oxygens (including phenoxy) is 2. The molecule has 0 bridgehead atoms. The van der Waals surface area contributed by atoms with E-state index in [9.17, 15) is 22.8 Å². The van der Waals surface area contributed by atoms with Gasteiger partial charge in [0.15, 0.2) is 0 Å². The van der Waals surface area contributed by atoms with Gasteiger partial charge >= 0.3 is 6.36 Å². The second-order valence-electron chi connectivity index (χ2n) is 8.09. The number of carbonyl (C=O) groups excluding carboxylic acids is 1. The molecule has 4 aromatic rings. The Morgan fingerprint density at radius 3 is 2.61 bits per heavy atom. The molecule has 1 atom stereocenters. The Labute approximate surface area is 212 Å². The fraction of sp³-hybridized carbons (Fsp3) is 0.154. The zero-order valence-corrected chi connectivity index (χ0v) is 19.5. The highest BCUT2D eigenvalue weighted by Gasteiger charge is 2.42. The van der Waals surface area contributed by atoms with E-state index in [1.165, 1.54) is 30.5 Å². The van der Waals surface area contributed by atoms with E-state index >= 15 is 0 Å². The van der Waals surface area contributed by atoms with E-state index in [0.717, 1.165) is 0 Å². The third-order valence-corrected chi connectivity index (χ3v) is 5.85. The molecule has 196 valence electrons. The molecular weight excluding hydrogens is 507 g/mol. The molecule has 1 aliphatic heterocycles. The van der Waals surface area contributed by atoms with Gasteiger partial charge in [0.25, 0.3) is 17.9 Å². The summed E-state index contributed by atoms with van der Waals surface area (Å²) in [6.45, 7) is -0.00707. The number of halogens is 3. The number of hydrogen-bond acceptors (Lipinski definition) is 6.